The van der Waals surface area contributed by atoms with Gasteiger partial charge in [0, 0.05) is 35.7 Å². The molecule has 0 bridgehead atoms. The molecule has 114 valence electrons. The van der Waals surface area contributed by atoms with Crippen molar-refractivity contribution in [2.45, 2.75) is 40.2 Å². The minimum atomic E-state index is 0.387. The van der Waals surface area contributed by atoms with E-state index < -0.39 is 0 Å². The predicted octanol–water partition coefficient (Wildman–Crippen LogP) is 2.98. The Morgan fingerprint density at radius 3 is 2.76 bits per heavy atom. The summed E-state index contributed by atoms with van der Waals surface area (Å²) in [4.78, 5) is 8.10. The van der Waals surface area contributed by atoms with Crippen molar-refractivity contribution >= 4 is 16.9 Å². The van der Waals surface area contributed by atoms with Crippen LogP contribution in [0.1, 0.15) is 32.0 Å². The third-order valence-corrected chi connectivity index (χ3v) is 3.43. The summed E-state index contributed by atoms with van der Waals surface area (Å²) in [6.45, 7) is 10.1. The molecule has 3 N–H and O–H groups in total. The Kier molecular flexibility index (Phi) is 5.26. The quantitative estimate of drug-likeness (QED) is 0.584. The van der Waals surface area contributed by atoms with E-state index in [1.54, 1.807) is 0 Å². The molecule has 0 unspecified atom stereocenters. The van der Waals surface area contributed by atoms with Crippen LogP contribution in [-0.4, -0.2) is 30.1 Å². The van der Waals surface area contributed by atoms with Crippen molar-refractivity contribution in [2.24, 2.45) is 4.99 Å². The molecule has 0 atom stereocenters. The number of H-pyrrole nitrogens is 1. The third-order valence-electron chi connectivity index (χ3n) is 3.43. The highest BCUT2D eigenvalue weighted by atomic mass is 15.2. The van der Waals surface area contributed by atoms with E-state index in [-0.39, 0.29) is 0 Å². The van der Waals surface area contributed by atoms with Gasteiger partial charge in [-0.1, -0.05) is 18.2 Å². The van der Waals surface area contributed by atoms with Crippen LogP contribution in [0.3, 0.4) is 0 Å². The number of nitrogens with zero attached hydrogens (tertiary/aromatic N) is 1. The second-order valence-corrected chi connectivity index (χ2v) is 5.58. The second kappa shape index (κ2) is 7.16. The summed E-state index contributed by atoms with van der Waals surface area (Å²) < 4.78 is 0. The normalized spacial score (nSPS) is 12.1. The van der Waals surface area contributed by atoms with Crippen LogP contribution in [0, 0.1) is 6.92 Å². The topological polar surface area (TPSA) is 52.2 Å². The van der Waals surface area contributed by atoms with Crippen LogP contribution in [0.5, 0.6) is 0 Å². The predicted molar refractivity (Wildman–Crippen MR) is 91.0 cm³/mol. The van der Waals surface area contributed by atoms with Crippen LogP contribution in [0.15, 0.2) is 29.3 Å². The van der Waals surface area contributed by atoms with Crippen LogP contribution in [-0.2, 0) is 6.42 Å². The lowest BCUT2D eigenvalue weighted by atomic mass is 10.1. The van der Waals surface area contributed by atoms with E-state index in [4.69, 9.17) is 0 Å². The zero-order chi connectivity index (χ0) is 15.2. The highest BCUT2D eigenvalue weighted by Crippen LogP contribution is 2.22. The molecule has 21 heavy (non-hydrogen) atoms. The van der Waals surface area contributed by atoms with Gasteiger partial charge >= 0.3 is 0 Å². The van der Waals surface area contributed by atoms with Crippen molar-refractivity contribution in [1.82, 2.24) is 15.6 Å². The molecular weight excluding hydrogens is 260 g/mol. The minimum absolute atomic E-state index is 0.387. The molecule has 4 heteroatoms. The number of nitrogens with one attached hydrogen (secondary N) is 3. The molecule has 1 aromatic heterocycles. The number of benzene rings is 1. The number of hydrogen-bond acceptors (Lipinski definition) is 1. The molecule has 0 aliphatic carbocycles. The molecule has 0 aliphatic heterocycles. The summed E-state index contributed by atoms with van der Waals surface area (Å²) in [6, 6.07) is 8.84. The van der Waals surface area contributed by atoms with Crippen molar-refractivity contribution in [2.75, 3.05) is 13.1 Å². The molecule has 0 saturated heterocycles. The van der Waals surface area contributed by atoms with Gasteiger partial charge in [-0.2, -0.15) is 0 Å². The molecule has 0 saturated carbocycles. The number of para-hydroxylation sites is 1. The number of aromatic nitrogens is 1. The van der Waals surface area contributed by atoms with Gasteiger partial charge in [-0.25, -0.2) is 0 Å². The Bertz CT molecular complexity index is 610. The standard InChI is InChI=1S/C17H26N4/c1-5-18-17(20-12(2)3)19-11-10-14-13(4)21-16-9-7-6-8-15(14)16/h6-9,12,21H,5,10-11H2,1-4H3,(H2,18,19,20). The summed E-state index contributed by atoms with van der Waals surface area (Å²) in [5.41, 5.74) is 3.82. The lowest BCUT2D eigenvalue weighted by Gasteiger charge is -2.13. The van der Waals surface area contributed by atoms with Crippen molar-refractivity contribution in [3.63, 3.8) is 0 Å². The summed E-state index contributed by atoms with van der Waals surface area (Å²) in [7, 11) is 0. The van der Waals surface area contributed by atoms with Gasteiger partial charge < -0.3 is 15.6 Å². The first-order valence-electron chi connectivity index (χ1n) is 7.72. The van der Waals surface area contributed by atoms with Gasteiger partial charge in [0.15, 0.2) is 5.96 Å². The van der Waals surface area contributed by atoms with Crippen LogP contribution in [0.25, 0.3) is 10.9 Å². The SMILES string of the molecule is CCNC(=NCCc1c(C)[nH]c2ccccc12)NC(C)C. The Labute approximate surface area is 127 Å². The lowest BCUT2D eigenvalue weighted by Crippen LogP contribution is -2.41. The highest BCUT2D eigenvalue weighted by molar-refractivity contribution is 5.84. The van der Waals surface area contributed by atoms with E-state index in [0.717, 1.165) is 25.5 Å². The van der Waals surface area contributed by atoms with Crippen LogP contribution >= 0.6 is 0 Å². The van der Waals surface area contributed by atoms with Crippen LogP contribution in [0.4, 0.5) is 0 Å². The molecule has 0 radical (unpaired) electrons. The first-order chi connectivity index (χ1) is 10.1. The molecule has 0 aliphatic rings. The monoisotopic (exact) mass is 286 g/mol. The fourth-order valence-corrected chi connectivity index (χ4v) is 2.53. The fourth-order valence-electron chi connectivity index (χ4n) is 2.53. The molecule has 0 amide bonds. The minimum Gasteiger partial charge on any atom is -0.358 e. The molecule has 2 rings (SSSR count). The maximum absolute atomic E-state index is 4.66. The molecule has 2 aromatic rings. The molecule has 4 nitrogen and oxygen atoms in total. The number of fused-ring (bicyclic) bond motifs is 1. The molecule has 0 fully saturated rings. The van der Waals surface area contributed by atoms with Crippen molar-refractivity contribution < 1.29 is 0 Å². The Morgan fingerprint density at radius 2 is 2.05 bits per heavy atom. The van der Waals surface area contributed by atoms with Crippen LogP contribution < -0.4 is 10.6 Å². The number of aryl methyl sites for hydroxylation is 1. The number of hydrogen-bond donors (Lipinski definition) is 3. The van der Waals surface area contributed by atoms with E-state index in [2.05, 4.69) is 72.6 Å². The number of aromatic amines is 1. The fraction of sp³-hybridized carbons (Fsp3) is 0.471. The summed E-state index contributed by atoms with van der Waals surface area (Å²) in [5, 5.41) is 7.93. The van der Waals surface area contributed by atoms with E-state index in [0.29, 0.717) is 6.04 Å². The molecule has 1 heterocycles. The zero-order valence-corrected chi connectivity index (χ0v) is 13.5. The van der Waals surface area contributed by atoms with Gasteiger partial charge in [-0.05, 0) is 45.7 Å². The van der Waals surface area contributed by atoms with Gasteiger partial charge in [0.25, 0.3) is 0 Å². The van der Waals surface area contributed by atoms with Crippen molar-refractivity contribution in [3.05, 3.63) is 35.5 Å². The molecule has 1 aromatic carbocycles. The molecule has 0 spiro atoms. The first kappa shape index (κ1) is 15.4. The Hall–Kier alpha value is -1.97. The van der Waals surface area contributed by atoms with Crippen molar-refractivity contribution in [1.29, 1.82) is 0 Å². The first-order valence-corrected chi connectivity index (χ1v) is 7.72. The van der Waals surface area contributed by atoms with Gasteiger partial charge in [0.1, 0.15) is 0 Å². The number of guanidine groups is 1. The second-order valence-electron chi connectivity index (χ2n) is 5.58. The van der Waals surface area contributed by atoms with E-state index in [1.165, 1.54) is 22.2 Å². The highest BCUT2D eigenvalue weighted by Gasteiger charge is 2.07. The zero-order valence-electron chi connectivity index (χ0n) is 13.5. The number of rotatable bonds is 5. The van der Waals surface area contributed by atoms with Gasteiger partial charge in [0.05, 0.1) is 0 Å². The van der Waals surface area contributed by atoms with E-state index in [1.807, 2.05) is 0 Å². The third kappa shape index (κ3) is 4.00. The Morgan fingerprint density at radius 1 is 1.29 bits per heavy atom. The van der Waals surface area contributed by atoms with E-state index >= 15 is 0 Å². The Balaban J connectivity index is 2.08. The van der Waals surface area contributed by atoms with E-state index in [9.17, 15) is 0 Å². The van der Waals surface area contributed by atoms with Crippen LogP contribution in [0.2, 0.25) is 0 Å². The summed E-state index contributed by atoms with van der Waals surface area (Å²) in [5.74, 6) is 0.894. The number of aliphatic imine (C=N–C) groups is 1. The summed E-state index contributed by atoms with van der Waals surface area (Å²) in [6.07, 6.45) is 0.949. The van der Waals surface area contributed by atoms with Crippen molar-refractivity contribution in [3.8, 4) is 0 Å². The maximum Gasteiger partial charge on any atom is 0.191 e. The summed E-state index contributed by atoms with van der Waals surface area (Å²) >= 11 is 0. The lowest BCUT2D eigenvalue weighted by molar-refractivity contribution is 0.700. The average Bonchev–Trinajstić information content (AvgIpc) is 2.75. The molecular formula is C17H26N4. The average molecular weight is 286 g/mol. The van der Waals surface area contributed by atoms with Gasteiger partial charge in [-0.3, -0.25) is 4.99 Å². The van der Waals surface area contributed by atoms with Gasteiger partial charge in [0.2, 0.25) is 0 Å². The van der Waals surface area contributed by atoms with Gasteiger partial charge in [-0.15, -0.1) is 0 Å². The largest absolute Gasteiger partial charge is 0.358 e. The smallest absolute Gasteiger partial charge is 0.191 e. The maximum atomic E-state index is 4.66.